The minimum absolute atomic E-state index is 0.241. The van der Waals surface area contributed by atoms with Crippen LogP contribution in [0.2, 0.25) is 0 Å². The summed E-state index contributed by atoms with van der Waals surface area (Å²) in [5.41, 5.74) is 2.91. The maximum absolute atomic E-state index is 6.03. The highest BCUT2D eigenvalue weighted by atomic mass is 35.5. The van der Waals surface area contributed by atoms with E-state index in [1.54, 1.807) is 0 Å². The highest BCUT2D eigenvalue weighted by molar-refractivity contribution is 6.65. The number of halogens is 2. The topological polar surface area (TPSA) is 36.4 Å². The van der Waals surface area contributed by atoms with E-state index in [9.17, 15) is 0 Å². The maximum atomic E-state index is 6.03. The maximum Gasteiger partial charge on any atom is 0.195 e. The molecule has 3 rings (SSSR count). The van der Waals surface area contributed by atoms with Gasteiger partial charge in [-0.1, -0.05) is 60.1 Å². The van der Waals surface area contributed by atoms with Gasteiger partial charge in [0.05, 0.1) is 0 Å². The lowest BCUT2D eigenvalue weighted by molar-refractivity contribution is 0.486. The van der Waals surface area contributed by atoms with E-state index in [4.69, 9.17) is 23.2 Å². The molecule has 102 valence electrons. The van der Waals surface area contributed by atoms with E-state index in [-0.39, 0.29) is 6.17 Å². The number of aliphatic imine (C=N–C) groups is 1. The van der Waals surface area contributed by atoms with Crippen molar-refractivity contribution in [3.05, 3.63) is 60.2 Å². The zero-order valence-corrected chi connectivity index (χ0v) is 12.1. The lowest BCUT2D eigenvalue weighted by Gasteiger charge is -2.25. The van der Waals surface area contributed by atoms with E-state index in [2.05, 4.69) is 39.9 Å². The van der Waals surface area contributed by atoms with Crippen LogP contribution >= 0.6 is 23.2 Å². The van der Waals surface area contributed by atoms with Crippen molar-refractivity contribution in [2.45, 2.75) is 11.8 Å². The fourth-order valence-electron chi connectivity index (χ4n) is 2.16. The van der Waals surface area contributed by atoms with Gasteiger partial charge in [-0.05, 0) is 34.4 Å². The third-order valence-electron chi connectivity index (χ3n) is 3.10. The van der Waals surface area contributed by atoms with Crippen LogP contribution in [0.5, 0.6) is 0 Å². The molecule has 0 saturated carbocycles. The van der Waals surface area contributed by atoms with Gasteiger partial charge in [0.15, 0.2) is 10.9 Å². The van der Waals surface area contributed by atoms with Crippen LogP contribution in [-0.4, -0.2) is 10.9 Å². The molecule has 0 fully saturated rings. The van der Waals surface area contributed by atoms with Crippen LogP contribution in [-0.2, 0) is 0 Å². The molecule has 3 nitrogen and oxygen atoms in total. The summed E-state index contributed by atoms with van der Waals surface area (Å²) in [6.45, 7) is 0. The van der Waals surface area contributed by atoms with Crippen LogP contribution in [0.25, 0.3) is 11.1 Å². The zero-order valence-electron chi connectivity index (χ0n) is 10.6. The van der Waals surface area contributed by atoms with Crippen LogP contribution in [0.15, 0.2) is 59.6 Å². The molecule has 0 saturated heterocycles. The Balaban J connectivity index is 1.94. The lowest BCUT2D eigenvalue weighted by atomic mass is 10.0. The van der Waals surface area contributed by atoms with Gasteiger partial charge in [-0.25, -0.2) is 4.99 Å². The van der Waals surface area contributed by atoms with Gasteiger partial charge in [0, 0.05) is 0 Å². The fourth-order valence-corrected chi connectivity index (χ4v) is 2.65. The van der Waals surface area contributed by atoms with E-state index in [0.29, 0.717) is 5.29 Å². The average Bonchev–Trinajstić information content (AvgIpc) is 2.47. The Labute approximate surface area is 127 Å². The smallest absolute Gasteiger partial charge is 0.195 e. The molecule has 1 heterocycles. The Hall–Kier alpha value is -1.55. The molecule has 20 heavy (non-hydrogen) atoms. The molecule has 0 radical (unpaired) electrons. The van der Waals surface area contributed by atoms with E-state index in [1.807, 2.05) is 30.3 Å². The van der Waals surface area contributed by atoms with Crippen molar-refractivity contribution in [2.75, 3.05) is 0 Å². The first-order valence-corrected chi connectivity index (χ1v) is 7.09. The second-order valence-corrected chi connectivity index (χ2v) is 5.28. The molecule has 2 aromatic carbocycles. The van der Waals surface area contributed by atoms with Crippen molar-refractivity contribution in [2.24, 2.45) is 4.99 Å². The molecule has 2 aromatic rings. The number of hydrogen-bond acceptors (Lipinski definition) is 3. The molecule has 2 unspecified atom stereocenters. The molecule has 0 aromatic heterocycles. The molecule has 2 atom stereocenters. The van der Waals surface area contributed by atoms with Crippen LogP contribution in [0, 0.1) is 0 Å². The molecule has 0 spiro atoms. The average molecular weight is 306 g/mol. The van der Waals surface area contributed by atoms with Crippen molar-refractivity contribution >= 4 is 28.5 Å². The largest absolute Gasteiger partial charge is 0.332 e. The van der Waals surface area contributed by atoms with Crippen molar-refractivity contribution in [1.29, 1.82) is 0 Å². The summed E-state index contributed by atoms with van der Waals surface area (Å²) in [6.07, 6.45) is -0.241. The summed E-state index contributed by atoms with van der Waals surface area (Å²) >= 11 is 12.0. The summed E-state index contributed by atoms with van der Waals surface area (Å²) < 4.78 is 0. The first-order chi connectivity index (χ1) is 9.72. The van der Waals surface area contributed by atoms with Gasteiger partial charge in [0.2, 0.25) is 0 Å². The molecule has 1 aliphatic heterocycles. The number of amidine groups is 1. The van der Waals surface area contributed by atoms with E-state index >= 15 is 0 Å². The summed E-state index contributed by atoms with van der Waals surface area (Å²) in [6, 6.07) is 18.4. The van der Waals surface area contributed by atoms with Crippen molar-refractivity contribution in [1.82, 2.24) is 10.6 Å². The minimum Gasteiger partial charge on any atom is -0.332 e. The van der Waals surface area contributed by atoms with Crippen molar-refractivity contribution in [3.8, 4) is 11.1 Å². The molecular weight excluding hydrogens is 293 g/mol. The molecular formula is C15H13Cl2N3. The number of nitrogens with zero attached hydrogens (tertiary/aromatic N) is 1. The third-order valence-corrected chi connectivity index (χ3v) is 3.54. The number of nitrogens with one attached hydrogen (secondary N) is 2. The highest BCUT2D eigenvalue weighted by Gasteiger charge is 2.20. The van der Waals surface area contributed by atoms with Gasteiger partial charge in [-0.2, -0.15) is 0 Å². The Morgan fingerprint density at radius 2 is 1.70 bits per heavy atom. The summed E-state index contributed by atoms with van der Waals surface area (Å²) in [7, 11) is 0. The standard InChI is InChI=1S/C15H13Cl2N3/c16-14-18-13(19-15(17)20-14)12-8-4-7-11(9-12)10-5-2-1-3-6-10/h1-9,13-14,18H,(H,19,20). The van der Waals surface area contributed by atoms with Gasteiger partial charge in [0.25, 0.3) is 0 Å². The molecule has 0 bridgehead atoms. The van der Waals surface area contributed by atoms with Gasteiger partial charge in [-0.15, -0.1) is 0 Å². The van der Waals surface area contributed by atoms with Crippen LogP contribution in [0.1, 0.15) is 11.7 Å². The zero-order chi connectivity index (χ0) is 13.9. The van der Waals surface area contributed by atoms with Crippen LogP contribution in [0.4, 0.5) is 0 Å². The number of benzene rings is 2. The third kappa shape index (κ3) is 2.96. The SMILES string of the molecule is ClC1=NC(c2cccc(-c3ccccc3)c2)NC(Cl)N1. The molecule has 2 N–H and O–H groups in total. The molecule has 5 heteroatoms. The minimum atomic E-state index is -0.426. The first-order valence-electron chi connectivity index (χ1n) is 6.28. The summed E-state index contributed by atoms with van der Waals surface area (Å²) in [5, 5.41) is 6.24. The molecule has 0 aliphatic carbocycles. The monoisotopic (exact) mass is 305 g/mol. The van der Waals surface area contributed by atoms with Gasteiger partial charge >= 0.3 is 0 Å². The van der Waals surface area contributed by atoms with Gasteiger partial charge in [-0.3, -0.25) is 5.32 Å². The normalized spacial score (nSPS) is 22.0. The Morgan fingerprint density at radius 3 is 2.45 bits per heavy atom. The molecule has 0 amide bonds. The fraction of sp³-hybridized carbons (Fsp3) is 0.133. The van der Waals surface area contributed by atoms with Crippen molar-refractivity contribution in [3.63, 3.8) is 0 Å². The predicted octanol–water partition coefficient (Wildman–Crippen LogP) is 3.66. The Morgan fingerprint density at radius 1 is 0.950 bits per heavy atom. The lowest BCUT2D eigenvalue weighted by Crippen LogP contribution is -2.45. The van der Waals surface area contributed by atoms with Crippen LogP contribution < -0.4 is 10.6 Å². The first kappa shape index (κ1) is 13.4. The highest BCUT2D eigenvalue weighted by Crippen LogP contribution is 2.25. The van der Waals surface area contributed by atoms with E-state index in [0.717, 1.165) is 11.1 Å². The Bertz CT molecular complexity index is 628. The van der Waals surface area contributed by atoms with Gasteiger partial charge < -0.3 is 5.32 Å². The second kappa shape index (κ2) is 5.83. The molecule has 1 aliphatic rings. The van der Waals surface area contributed by atoms with E-state index < -0.39 is 5.62 Å². The van der Waals surface area contributed by atoms with Crippen molar-refractivity contribution < 1.29 is 0 Å². The van der Waals surface area contributed by atoms with Crippen LogP contribution in [0.3, 0.4) is 0 Å². The summed E-state index contributed by atoms with van der Waals surface area (Å²) in [5.74, 6) is 0. The number of alkyl halides is 1. The van der Waals surface area contributed by atoms with E-state index in [1.165, 1.54) is 5.56 Å². The second-order valence-electron chi connectivity index (χ2n) is 4.49. The quantitative estimate of drug-likeness (QED) is 0.656. The van der Waals surface area contributed by atoms with Gasteiger partial charge in [0.1, 0.15) is 6.17 Å². The number of rotatable bonds is 2. The summed E-state index contributed by atoms with van der Waals surface area (Å²) in [4.78, 5) is 4.31. The number of hydrogen-bond donors (Lipinski definition) is 2. The predicted molar refractivity (Wildman–Crippen MR) is 83.8 cm³/mol. The Kier molecular flexibility index (Phi) is 3.92.